The van der Waals surface area contributed by atoms with Gasteiger partial charge in [0.2, 0.25) is 6.79 Å². The van der Waals surface area contributed by atoms with E-state index in [-0.39, 0.29) is 19.2 Å². The van der Waals surface area contributed by atoms with Crippen molar-refractivity contribution in [3.8, 4) is 17.2 Å². The molecule has 2 unspecified atom stereocenters. The summed E-state index contributed by atoms with van der Waals surface area (Å²) in [7, 11) is 1.59. The molecule has 1 aliphatic heterocycles. The molecule has 0 radical (unpaired) electrons. The Hall–Kier alpha value is -3.02. The van der Waals surface area contributed by atoms with Crippen molar-refractivity contribution in [1.29, 1.82) is 0 Å². The molecular weight excluding hydrogens is 336 g/mol. The lowest BCUT2D eigenvalue weighted by atomic mass is 9.85. The first-order valence-electron chi connectivity index (χ1n) is 8.42. The number of hydrogen-bond acceptors (Lipinski definition) is 6. The number of rotatable bonds is 4. The van der Waals surface area contributed by atoms with Crippen LogP contribution in [0.4, 0.5) is 0 Å². The molecule has 134 valence electrons. The molecule has 0 N–H and O–H groups in total. The molecule has 0 saturated carbocycles. The van der Waals surface area contributed by atoms with Gasteiger partial charge >= 0.3 is 5.97 Å². The van der Waals surface area contributed by atoms with E-state index in [0.29, 0.717) is 22.8 Å². The van der Waals surface area contributed by atoms with Crippen LogP contribution in [-0.4, -0.2) is 32.3 Å². The molecule has 6 heteroatoms. The van der Waals surface area contributed by atoms with Gasteiger partial charge in [0.1, 0.15) is 11.7 Å². The van der Waals surface area contributed by atoms with Gasteiger partial charge in [-0.25, -0.2) is 0 Å². The molecule has 4 rings (SSSR count). The van der Waals surface area contributed by atoms with Gasteiger partial charge in [0.05, 0.1) is 13.7 Å². The van der Waals surface area contributed by atoms with Crippen molar-refractivity contribution in [1.82, 2.24) is 0 Å². The van der Waals surface area contributed by atoms with Crippen molar-refractivity contribution in [2.75, 3.05) is 20.5 Å². The Balaban J connectivity index is 1.84. The Labute approximate surface area is 150 Å². The third kappa shape index (κ3) is 2.49. The van der Waals surface area contributed by atoms with Gasteiger partial charge in [0, 0.05) is 11.5 Å². The predicted octanol–water partition coefficient (Wildman–Crippen LogP) is 2.93. The van der Waals surface area contributed by atoms with Crippen molar-refractivity contribution in [2.24, 2.45) is 5.92 Å². The number of Topliss-reactive ketones (excluding diaryl/α,β-unsaturated/α-hetero) is 1. The summed E-state index contributed by atoms with van der Waals surface area (Å²) in [6.07, 6.45) is 0. The lowest BCUT2D eigenvalue weighted by molar-refractivity contribution is -0.146. The summed E-state index contributed by atoms with van der Waals surface area (Å²) < 4.78 is 21.2. The van der Waals surface area contributed by atoms with E-state index in [4.69, 9.17) is 18.9 Å². The molecule has 2 atom stereocenters. The van der Waals surface area contributed by atoms with E-state index >= 15 is 0 Å². The van der Waals surface area contributed by atoms with E-state index in [2.05, 4.69) is 0 Å². The topological polar surface area (TPSA) is 71.1 Å². The van der Waals surface area contributed by atoms with E-state index in [1.165, 1.54) is 0 Å². The van der Waals surface area contributed by atoms with Gasteiger partial charge < -0.3 is 18.9 Å². The number of fused-ring (bicyclic) bond motifs is 2. The van der Waals surface area contributed by atoms with Crippen LogP contribution in [0.25, 0.3) is 0 Å². The van der Waals surface area contributed by atoms with Crippen molar-refractivity contribution in [3.63, 3.8) is 0 Å². The molecule has 0 spiro atoms. The van der Waals surface area contributed by atoms with Crippen LogP contribution in [0, 0.1) is 5.92 Å². The van der Waals surface area contributed by atoms with Gasteiger partial charge in [-0.15, -0.1) is 0 Å². The van der Waals surface area contributed by atoms with E-state index in [1.54, 1.807) is 26.2 Å². The Morgan fingerprint density at radius 2 is 1.85 bits per heavy atom. The monoisotopic (exact) mass is 354 g/mol. The lowest BCUT2D eigenvalue weighted by Crippen LogP contribution is -2.27. The molecule has 1 heterocycles. The highest BCUT2D eigenvalue weighted by Crippen LogP contribution is 2.48. The van der Waals surface area contributed by atoms with Crippen LogP contribution in [0.1, 0.15) is 34.3 Å². The molecule has 1 aliphatic carbocycles. The number of benzene rings is 2. The minimum absolute atomic E-state index is 0.126. The Kier molecular flexibility index (Phi) is 4.03. The highest BCUT2D eigenvalue weighted by atomic mass is 16.7. The van der Waals surface area contributed by atoms with Crippen molar-refractivity contribution in [3.05, 3.63) is 53.1 Å². The summed E-state index contributed by atoms with van der Waals surface area (Å²) in [6.45, 7) is 2.07. The van der Waals surface area contributed by atoms with Crippen molar-refractivity contribution >= 4 is 11.8 Å². The number of methoxy groups -OCH3 is 1. The van der Waals surface area contributed by atoms with Gasteiger partial charge in [-0.1, -0.05) is 12.1 Å². The molecule has 2 aliphatic rings. The van der Waals surface area contributed by atoms with Crippen molar-refractivity contribution in [2.45, 2.75) is 12.8 Å². The van der Waals surface area contributed by atoms with Gasteiger partial charge in [0.25, 0.3) is 0 Å². The maximum Gasteiger partial charge on any atom is 0.317 e. The zero-order valence-corrected chi connectivity index (χ0v) is 14.5. The maximum atomic E-state index is 13.0. The van der Waals surface area contributed by atoms with E-state index < -0.39 is 17.8 Å². The third-order valence-corrected chi connectivity index (χ3v) is 4.78. The first-order chi connectivity index (χ1) is 12.6. The van der Waals surface area contributed by atoms with Crippen LogP contribution in [0.15, 0.2) is 36.4 Å². The number of hydrogen-bond donors (Lipinski definition) is 0. The Morgan fingerprint density at radius 3 is 2.50 bits per heavy atom. The second kappa shape index (κ2) is 6.37. The number of esters is 1. The van der Waals surface area contributed by atoms with Gasteiger partial charge in [0.15, 0.2) is 17.3 Å². The Morgan fingerprint density at radius 1 is 1.15 bits per heavy atom. The fourth-order valence-electron chi connectivity index (χ4n) is 3.59. The zero-order chi connectivity index (χ0) is 18.3. The van der Waals surface area contributed by atoms with Crippen LogP contribution in [-0.2, 0) is 9.53 Å². The molecule has 2 aromatic rings. The number of ether oxygens (including phenoxy) is 4. The summed E-state index contributed by atoms with van der Waals surface area (Å²) in [6, 6.07) is 10.8. The molecule has 0 fully saturated rings. The molecule has 6 nitrogen and oxygen atoms in total. The minimum Gasteiger partial charge on any atom is -0.497 e. The smallest absolute Gasteiger partial charge is 0.317 e. The standard InChI is InChI=1S/C20H18O6/c1-3-24-20(22)18-17(11-4-6-12(23-2)7-5-11)13-8-15-16(26-10-25-15)9-14(13)19(18)21/h4-9,17-18H,3,10H2,1-2H3. The lowest BCUT2D eigenvalue weighted by Gasteiger charge is -2.19. The summed E-state index contributed by atoms with van der Waals surface area (Å²) in [5.74, 6) is -0.307. The Bertz CT molecular complexity index is 871. The normalized spacial score (nSPS) is 20.0. The molecule has 0 aromatic heterocycles. The first-order valence-corrected chi connectivity index (χ1v) is 8.42. The highest BCUT2D eigenvalue weighted by molar-refractivity contribution is 6.14. The van der Waals surface area contributed by atoms with Crippen LogP contribution in [0.3, 0.4) is 0 Å². The molecular formula is C20H18O6. The SMILES string of the molecule is CCOC(=O)C1C(=O)c2cc3c(cc2C1c1ccc(OC)cc1)OCO3. The van der Waals surface area contributed by atoms with Crippen LogP contribution >= 0.6 is 0 Å². The summed E-state index contributed by atoms with van der Waals surface area (Å²) in [4.78, 5) is 25.6. The minimum atomic E-state index is -0.916. The van der Waals surface area contributed by atoms with Crippen LogP contribution < -0.4 is 14.2 Å². The van der Waals surface area contributed by atoms with E-state index in [1.807, 2.05) is 24.3 Å². The van der Waals surface area contributed by atoms with E-state index in [0.717, 1.165) is 11.1 Å². The largest absolute Gasteiger partial charge is 0.497 e. The molecule has 0 saturated heterocycles. The second-order valence-corrected chi connectivity index (χ2v) is 6.14. The predicted molar refractivity (Wildman–Crippen MR) is 91.9 cm³/mol. The van der Waals surface area contributed by atoms with Crippen LogP contribution in [0.2, 0.25) is 0 Å². The average molecular weight is 354 g/mol. The molecule has 2 aromatic carbocycles. The number of carbonyl (C=O) groups excluding carboxylic acids is 2. The van der Waals surface area contributed by atoms with Gasteiger partial charge in [-0.3, -0.25) is 9.59 Å². The van der Waals surface area contributed by atoms with Crippen LogP contribution in [0.5, 0.6) is 17.2 Å². The summed E-state index contributed by atoms with van der Waals surface area (Å²) >= 11 is 0. The molecule has 0 amide bonds. The number of carbonyl (C=O) groups is 2. The van der Waals surface area contributed by atoms with Gasteiger partial charge in [-0.05, 0) is 42.3 Å². The average Bonchev–Trinajstić information content (AvgIpc) is 3.22. The third-order valence-electron chi connectivity index (χ3n) is 4.78. The van der Waals surface area contributed by atoms with Crippen molar-refractivity contribution < 1.29 is 28.5 Å². The first kappa shape index (κ1) is 16.4. The molecule has 0 bridgehead atoms. The zero-order valence-electron chi connectivity index (χ0n) is 14.5. The second-order valence-electron chi connectivity index (χ2n) is 6.14. The summed E-state index contributed by atoms with van der Waals surface area (Å²) in [5, 5.41) is 0. The maximum absolute atomic E-state index is 13.0. The number of ketones is 1. The fourth-order valence-corrected chi connectivity index (χ4v) is 3.59. The fraction of sp³-hybridized carbons (Fsp3) is 0.300. The molecule has 26 heavy (non-hydrogen) atoms. The summed E-state index contributed by atoms with van der Waals surface area (Å²) in [5.41, 5.74) is 2.07. The highest BCUT2D eigenvalue weighted by Gasteiger charge is 2.47. The van der Waals surface area contributed by atoms with E-state index in [9.17, 15) is 9.59 Å². The van der Waals surface area contributed by atoms with Gasteiger partial charge in [-0.2, -0.15) is 0 Å². The quantitative estimate of drug-likeness (QED) is 0.621.